The maximum Gasteiger partial charge on any atom is 0.271 e. The first-order chi connectivity index (χ1) is 12.6. The Balaban J connectivity index is 1.60. The van der Waals surface area contributed by atoms with Gasteiger partial charge in [-0.3, -0.25) is 9.89 Å². The highest BCUT2D eigenvalue weighted by Crippen LogP contribution is 2.22. The van der Waals surface area contributed by atoms with Crippen LogP contribution < -0.4 is 4.74 Å². The largest absolute Gasteiger partial charge is 0.497 e. The monoisotopic (exact) mass is 353 g/mol. The van der Waals surface area contributed by atoms with Crippen LogP contribution in [0.3, 0.4) is 0 Å². The van der Waals surface area contributed by atoms with Crippen LogP contribution in [0.5, 0.6) is 5.75 Å². The first-order valence-electron chi connectivity index (χ1n) is 8.50. The van der Waals surface area contributed by atoms with Crippen LogP contribution in [0.25, 0.3) is 11.3 Å². The topological polar surface area (TPSA) is 76.0 Å². The van der Waals surface area contributed by atoms with Crippen LogP contribution in [-0.4, -0.2) is 51.3 Å². The second-order valence-corrected chi connectivity index (χ2v) is 6.18. The van der Waals surface area contributed by atoms with Crippen molar-refractivity contribution in [3.63, 3.8) is 0 Å². The van der Waals surface area contributed by atoms with Gasteiger partial charge < -0.3 is 14.2 Å². The maximum atomic E-state index is 12.6. The van der Waals surface area contributed by atoms with Crippen LogP contribution in [-0.2, 0) is 13.5 Å². The molecule has 26 heavy (non-hydrogen) atoms. The molecule has 3 aromatic rings. The lowest BCUT2D eigenvalue weighted by atomic mass is 10.1. The standard InChI is InChI=1S/C19H23N5O2/c1-23-11-9-20-18(23)8-5-10-24(2)19(25)17-13-16(21-22-17)14-6-4-7-15(12-14)26-3/h4,6-7,9,11-13H,5,8,10H2,1-3H3,(H,21,22). The van der Waals surface area contributed by atoms with Gasteiger partial charge in [0.2, 0.25) is 0 Å². The molecule has 0 atom stereocenters. The first kappa shape index (κ1) is 17.7. The van der Waals surface area contributed by atoms with Crippen molar-refractivity contribution >= 4 is 5.91 Å². The summed E-state index contributed by atoms with van der Waals surface area (Å²) in [6.45, 7) is 0.652. The Morgan fingerprint density at radius 1 is 1.35 bits per heavy atom. The fourth-order valence-electron chi connectivity index (χ4n) is 2.78. The average Bonchev–Trinajstić information content (AvgIpc) is 3.30. The molecule has 0 spiro atoms. The Hall–Kier alpha value is -3.09. The molecule has 7 heteroatoms. The number of carbonyl (C=O) groups excluding carboxylic acids is 1. The lowest BCUT2D eigenvalue weighted by Gasteiger charge is -2.15. The number of carbonyl (C=O) groups is 1. The highest BCUT2D eigenvalue weighted by molar-refractivity contribution is 5.93. The number of hydrogen-bond donors (Lipinski definition) is 1. The molecule has 1 amide bonds. The third-order valence-electron chi connectivity index (χ3n) is 4.34. The van der Waals surface area contributed by atoms with E-state index in [1.54, 1.807) is 31.3 Å². The Labute approximate surface area is 152 Å². The molecular formula is C19H23N5O2. The molecule has 0 aliphatic carbocycles. The van der Waals surface area contributed by atoms with E-state index in [0.717, 1.165) is 30.0 Å². The minimum absolute atomic E-state index is 0.0773. The number of nitrogens with zero attached hydrogens (tertiary/aromatic N) is 4. The van der Waals surface area contributed by atoms with Crippen LogP contribution in [0.1, 0.15) is 22.7 Å². The van der Waals surface area contributed by atoms with Crippen molar-refractivity contribution in [1.82, 2.24) is 24.6 Å². The molecule has 7 nitrogen and oxygen atoms in total. The third kappa shape index (κ3) is 3.93. The van der Waals surface area contributed by atoms with Gasteiger partial charge in [0, 0.05) is 45.0 Å². The van der Waals surface area contributed by atoms with Gasteiger partial charge in [-0.15, -0.1) is 0 Å². The van der Waals surface area contributed by atoms with E-state index in [4.69, 9.17) is 4.74 Å². The Bertz CT molecular complexity index is 883. The molecule has 1 N–H and O–H groups in total. The lowest BCUT2D eigenvalue weighted by Crippen LogP contribution is -2.28. The molecule has 136 valence electrons. The van der Waals surface area contributed by atoms with Crippen molar-refractivity contribution in [3.05, 3.63) is 54.2 Å². The predicted octanol–water partition coefficient (Wildman–Crippen LogP) is 2.52. The quantitative estimate of drug-likeness (QED) is 0.708. The highest BCUT2D eigenvalue weighted by Gasteiger charge is 2.15. The fourth-order valence-corrected chi connectivity index (χ4v) is 2.78. The highest BCUT2D eigenvalue weighted by atomic mass is 16.5. The summed E-state index contributed by atoms with van der Waals surface area (Å²) in [5, 5.41) is 7.09. The third-order valence-corrected chi connectivity index (χ3v) is 4.34. The number of aromatic nitrogens is 4. The van der Waals surface area contributed by atoms with E-state index < -0.39 is 0 Å². The van der Waals surface area contributed by atoms with E-state index in [2.05, 4.69) is 15.2 Å². The number of amides is 1. The number of rotatable bonds is 7. The van der Waals surface area contributed by atoms with E-state index >= 15 is 0 Å². The molecule has 0 fully saturated rings. The number of imidazole rings is 1. The second kappa shape index (κ2) is 7.86. The summed E-state index contributed by atoms with van der Waals surface area (Å²) in [6.07, 6.45) is 5.40. The molecule has 0 saturated carbocycles. The van der Waals surface area contributed by atoms with Crippen LogP contribution in [0, 0.1) is 0 Å². The van der Waals surface area contributed by atoms with Crippen molar-refractivity contribution in [3.8, 4) is 17.0 Å². The maximum absolute atomic E-state index is 12.6. The molecule has 0 unspecified atom stereocenters. The van der Waals surface area contributed by atoms with Gasteiger partial charge >= 0.3 is 0 Å². The second-order valence-electron chi connectivity index (χ2n) is 6.18. The average molecular weight is 353 g/mol. The Morgan fingerprint density at radius 2 is 2.19 bits per heavy atom. The molecule has 0 aliphatic heterocycles. The zero-order chi connectivity index (χ0) is 18.5. The van der Waals surface area contributed by atoms with Crippen LogP contribution in [0.2, 0.25) is 0 Å². The van der Waals surface area contributed by atoms with Gasteiger partial charge in [-0.1, -0.05) is 12.1 Å². The molecule has 0 aliphatic rings. The van der Waals surface area contributed by atoms with Crippen molar-refractivity contribution in [2.75, 3.05) is 20.7 Å². The van der Waals surface area contributed by atoms with Crippen LogP contribution >= 0.6 is 0 Å². The number of benzene rings is 1. The van der Waals surface area contributed by atoms with Crippen LogP contribution in [0.4, 0.5) is 0 Å². The summed E-state index contributed by atoms with van der Waals surface area (Å²) in [5.41, 5.74) is 2.09. The van der Waals surface area contributed by atoms with Gasteiger partial charge in [0.15, 0.2) is 0 Å². The first-order valence-corrected chi connectivity index (χ1v) is 8.50. The minimum Gasteiger partial charge on any atom is -0.497 e. The summed E-state index contributed by atoms with van der Waals surface area (Å²) in [6, 6.07) is 9.36. The van der Waals surface area contributed by atoms with E-state index in [1.807, 2.05) is 42.1 Å². The normalized spacial score (nSPS) is 10.7. The summed E-state index contributed by atoms with van der Waals surface area (Å²) in [7, 11) is 5.40. The molecule has 0 bridgehead atoms. The van der Waals surface area contributed by atoms with Crippen molar-refractivity contribution in [2.24, 2.45) is 7.05 Å². The number of aromatic amines is 1. The van der Waals surface area contributed by atoms with Crippen molar-refractivity contribution < 1.29 is 9.53 Å². The number of nitrogens with one attached hydrogen (secondary N) is 1. The number of ether oxygens (including phenoxy) is 1. The van der Waals surface area contributed by atoms with E-state index in [-0.39, 0.29) is 5.91 Å². The molecular weight excluding hydrogens is 330 g/mol. The molecule has 2 heterocycles. The predicted molar refractivity (Wildman–Crippen MR) is 99.1 cm³/mol. The molecule has 2 aromatic heterocycles. The summed E-state index contributed by atoms with van der Waals surface area (Å²) in [4.78, 5) is 18.6. The summed E-state index contributed by atoms with van der Waals surface area (Å²) in [5.74, 6) is 1.70. The number of aryl methyl sites for hydroxylation is 2. The minimum atomic E-state index is -0.0773. The zero-order valence-corrected chi connectivity index (χ0v) is 15.3. The lowest BCUT2D eigenvalue weighted by molar-refractivity contribution is 0.0787. The molecule has 3 rings (SSSR count). The van der Waals surface area contributed by atoms with Gasteiger partial charge in [-0.25, -0.2) is 4.98 Å². The fraction of sp³-hybridized carbons (Fsp3) is 0.316. The molecule has 0 radical (unpaired) electrons. The van der Waals surface area contributed by atoms with Crippen molar-refractivity contribution in [2.45, 2.75) is 12.8 Å². The Morgan fingerprint density at radius 3 is 2.92 bits per heavy atom. The summed E-state index contributed by atoms with van der Waals surface area (Å²) >= 11 is 0. The Kier molecular flexibility index (Phi) is 5.36. The van der Waals surface area contributed by atoms with E-state index in [1.165, 1.54) is 0 Å². The smallest absolute Gasteiger partial charge is 0.271 e. The van der Waals surface area contributed by atoms with Gasteiger partial charge in [0.25, 0.3) is 5.91 Å². The van der Waals surface area contributed by atoms with Crippen molar-refractivity contribution in [1.29, 1.82) is 0 Å². The van der Waals surface area contributed by atoms with E-state index in [0.29, 0.717) is 17.9 Å². The summed E-state index contributed by atoms with van der Waals surface area (Å²) < 4.78 is 7.23. The zero-order valence-electron chi connectivity index (χ0n) is 15.3. The number of hydrogen-bond acceptors (Lipinski definition) is 4. The SMILES string of the molecule is COc1cccc(-c2cc(C(=O)N(C)CCCc3nccn3C)[nH]n2)c1. The van der Waals surface area contributed by atoms with Gasteiger partial charge in [0.05, 0.1) is 12.8 Å². The molecule has 0 saturated heterocycles. The van der Waals surface area contributed by atoms with Crippen LogP contribution in [0.15, 0.2) is 42.7 Å². The van der Waals surface area contributed by atoms with Gasteiger partial charge in [-0.2, -0.15) is 5.10 Å². The number of methoxy groups -OCH3 is 1. The molecule has 1 aromatic carbocycles. The number of H-pyrrole nitrogens is 1. The van der Waals surface area contributed by atoms with Gasteiger partial charge in [-0.05, 0) is 24.6 Å². The van der Waals surface area contributed by atoms with Gasteiger partial charge in [0.1, 0.15) is 17.3 Å². The van der Waals surface area contributed by atoms with E-state index in [9.17, 15) is 4.79 Å².